The molecule has 1 aromatic rings. The first-order chi connectivity index (χ1) is 9.97. The molecule has 0 aliphatic carbocycles. The number of methoxy groups -OCH3 is 1. The van der Waals surface area contributed by atoms with E-state index >= 15 is 0 Å². The van der Waals surface area contributed by atoms with Gasteiger partial charge in [0, 0.05) is 25.0 Å². The Morgan fingerprint density at radius 2 is 2.10 bits per heavy atom. The predicted molar refractivity (Wildman–Crippen MR) is 89.6 cm³/mol. The van der Waals surface area contributed by atoms with Gasteiger partial charge in [-0.3, -0.25) is 4.79 Å². The summed E-state index contributed by atoms with van der Waals surface area (Å²) in [6.07, 6.45) is 1.45. The van der Waals surface area contributed by atoms with Gasteiger partial charge in [0.2, 0.25) is 5.91 Å². The highest BCUT2D eigenvalue weighted by molar-refractivity contribution is 9.10. The Hall–Kier alpha value is -1.07. The van der Waals surface area contributed by atoms with Crippen LogP contribution in [0.1, 0.15) is 45.2 Å². The highest BCUT2D eigenvalue weighted by atomic mass is 79.9. The third kappa shape index (κ3) is 6.06. The Labute approximate surface area is 135 Å². The summed E-state index contributed by atoms with van der Waals surface area (Å²) in [4.78, 5) is 11.7. The van der Waals surface area contributed by atoms with Gasteiger partial charge in [-0.15, -0.1) is 0 Å². The number of rotatable bonds is 8. The number of benzene rings is 1. The van der Waals surface area contributed by atoms with Crippen LogP contribution in [-0.4, -0.2) is 25.6 Å². The van der Waals surface area contributed by atoms with Crippen molar-refractivity contribution in [1.82, 2.24) is 10.6 Å². The summed E-state index contributed by atoms with van der Waals surface area (Å²) in [5, 5.41) is 6.33. The molecule has 1 aromatic carbocycles. The summed E-state index contributed by atoms with van der Waals surface area (Å²) in [6, 6.07) is 6.43. The number of ether oxygens (including phenoxy) is 1. The lowest BCUT2D eigenvalue weighted by Crippen LogP contribution is -2.34. The monoisotopic (exact) mass is 356 g/mol. The summed E-state index contributed by atoms with van der Waals surface area (Å²) >= 11 is 3.49. The molecule has 0 spiro atoms. The third-order valence-corrected chi connectivity index (χ3v) is 4.12. The van der Waals surface area contributed by atoms with Gasteiger partial charge in [0.25, 0.3) is 0 Å². The van der Waals surface area contributed by atoms with Crippen molar-refractivity contribution in [1.29, 1.82) is 0 Å². The first-order valence-electron chi connectivity index (χ1n) is 7.34. The number of nitrogens with one attached hydrogen (secondary N) is 2. The molecule has 1 amide bonds. The van der Waals surface area contributed by atoms with Gasteiger partial charge in [-0.05, 0) is 53.9 Å². The van der Waals surface area contributed by atoms with E-state index in [1.54, 1.807) is 7.11 Å². The number of carbonyl (C=O) groups excluding carboxylic acids is 1. The molecule has 5 heteroatoms. The van der Waals surface area contributed by atoms with Crippen molar-refractivity contribution in [3.63, 3.8) is 0 Å². The van der Waals surface area contributed by atoms with Crippen LogP contribution >= 0.6 is 15.9 Å². The largest absolute Gasteiger partial charge is 0.496 e. The zero-order chi connectivity index (χ0) is 15.8. The van der Waals surface area contributed by atoms with Crippen molar-refractivity contribution in [2.24, 2.45) is 0 Å². The van der Waals surface area contributed by atoms with Gasteiger partial charge in [-0.2, -0.15) is 0 Å². The van der Waals surface area contributed by atoms with Gasteiger partial charge in [-0.25, -0.2) is 0 Å². The highest BCUT2D eigenvalue weighted by Crippen LogP contribution is 2.27. The molecule has 21 heavy (non-hydrogen) atoms. The Kier molecular flexibility index (Phi) is 7.75. The van der Waals surface area contributed by atoms with Crippen LogP contribution in [0, 0.1) is 0 Å². The van der Waals surface area contributed by atoms with Crippen LogP contribution in [0.2, 0.25) is 0 Å². The molecule has 0 aliphatic rings. The zero-order valence-corrected chi connectivity index (χ0v) is 14.8. The van der Waals surface area contributed by atoms with Crippen molar-refractivity contribution in [3.8, 4) is 5.75 Å². The highest BCUT2D eigenvalue weighted by Gasteiger charge is 2.09. The fourth-order valence-electron chi connectivity index (χ4n) is 1.92. The SMILES string of the molecule is CCC(C)NC(=O)CCNC(C)c1ccc(OC)c(Br)c1. The number of hydrogen-bond donors (Lipinski definition) is 2. The molecule has 0 radical (unpaired) electrons. The Morgan fingerprint density at radius 3 is 2.67 bits per heavy atom. The minimum Gasteiger partial charge on any atom is -0.496 e. The van der Waals surface area contributed by atoms with Crippen LogP contribution in [0.25, 0.3) is 0 Å². The lowest BCUT2D eigenvalue weighted by Gasteiger charge is -2.16. The molecule has 0 saturated carbocycles. The smallest absolute Gasteiger partial charge is 0.221 e. The topological polar surface area (TPSA) is 50.4 Å². The average Bonchev–Trinajstić information content (AvgIpc) is 2.46. The van der Waals surface area contributed by atoms with Crippen LogP contribution in [0.15, 0.2) is 22.7 Å². The minimum atomic E-state index is 0.0972. The van der Waals surface area contributed by atoms with Gasteiger partial charge in [0.05, 0.1) is 11.6 Å². The van der Waals surface area contributed by atoms with Crippen LogP contribution in [0.5, 0.6) is 5.75 Å². The predicted octanol–water partition coefficient (Wildman–Crippen LogP) is 3.41. The van der Waals surface area contributed by atoms with E-state index in [0.717, 1.165) is 22.2 Å². The van der Waals surface area contributed by atoms with Crippen LogP contribution in [0.3, 0.4) is 0 Å². The summed E-state index contributed by atoms with van der Waals surface area (Å²) in [6.45, 7) is 6.82. The molecule has 118 valence electrons. The van der Waals surface area contributed by atoms with Gasteiger partial charge < -0.3 is 15.4 Å². The molecule has 1 rings (SSSR count). The van der Waals surface area contributed by atoms with E-state index in [2.05, 4.69) is 40.4 Å². The Bertz CT molecular complexity index is 466. The van der Waals surface area contributed by atoms with Gasteiger partial charge in [0.1, 0.15) is 5.75 Å². The number of hydrogen-bond acceptors (Lipinski definition) is 3. The maximum Gasteiger partial charge on any atom is 0.221 e. The maximum atomic E-state index is 11.7. The molecule has 2 unspecified atom stereocenters. The molecule has 4 nitrogen and oxygen atoms in total. The van der Waals surface area contributed by atoms with Gasteiger partial charge in [-0.1, -0.05) is 13.0 Å². The van der Waals surface area contributed by atoms with Gasteiger partial charge >= 0.3 is 0 Å². The van der Waals surface area contributed by atoms with E-state index in [9.17, 15) is 4.79 Å². The molecule has 0 heterocycles. The van der Waals surface area contributed by atoms with E-state index in [1.165, 1.54) is 0 Å². The molecule has 0 saturated heterocycles. The van der Waals surface area contributed by atoms with Crippen LogP contribution in [0.4, 0.5) is 0 Å². The molecule has 0 fully saturated rings. The maximum absolute atomic E-state index is 11.7. The first-order valence-corrected chi connectivity index (χ1v) is 8.13. The summed E-state index contributed by atoms with van der Waals surface area (Å²) in [5.74, 6) is 0.916. The lowest BCUT2D eigenvalue weighted by molar-refractivity contribution is -0.121. The van der Waals surface area contributed by atoms with Crippen molar-refractivity contribution < 1.29 is 9.53 Å². The van der Waals surface area contributed by atoms with Gasteiger partial charge in [0.15, 0.2) is 0 Å². The molecule has 0 aromatic heterocycles. The number of carbonyl (C=O) groups is 1. The number of amides is 1. The van der Waals surface area contributed by atoms with Crippen molar-refractivity contribution in [2.45, 2.75) is 45.7 Å². The quantitative estimate of drug-likeness (QED) is 0.750. The van der Waals surface area contributed by atoms with Crippen molar-refractivity contribution in [3.05, 3.63) is 28.2 Å². The zero-order valence-electron chi connectivity index (χ0n) is 13.2. The Balaban J connectivity index is 2.42. The van der Waals surface area contributed by atoms with Crippen molar-refractivity contribution in [2.75, 3.05) is 13.7 Å². The summed E-state index contributed by atoms with van der Waals surface area (Å²) in [7, 11) is 1.65. The van der Waals surface area contributed by atoms with E-state index in [4.69, 9.17) is 4.74 Å². The van der Waals surface area contributed by atoms with E-state index in [1.807, 2.05) is 25.1 Å². The standard InChI is InChI=1S/C16H25BrN2O2/c1-5-11(2)19-16(20)8-9-18-12(3)13-6-7-15(21-4)14(17)10-13/h6-7,10-12,18H,5,8-9H2,1-4H3,(H,19,20). The second-order valence-electron chi connectivity index (χ2n) is 5.20. The normalized spacial score (nSPS) is 13.6. The Morgan fingerprint density at radius 1 is 1.38 bits per heavy atom. The third-order valence-electron chi connectivity index (χ3n) is 3.50. The van der Waals surface area contributed by atoms with E-state index in [0.29, 0.717) is 13.0 Å². The second kappa shape index (κ2) is 9.05. The average molecular weight is 357 g/mol. The fraction of sp³-hybridized carbons (Fsp3) is 0.562. The molecular formula is C16H25BrN2O2. The molecule has 0 bridgehead atoms. The van der Waals surface area contributed by atoms with Crippen LogP contribution < -0.4 is 15.4 Å². The summed E-state index contributed by atoms with van der Waals surface area (Å²) in [5.41, 5.74) is 1.16. The van der Waals surface area contributed by atoms with Crippen molar-refractivity contribution >= 4 is 21.8 Å². The van der Waals surface area contributed by atoms with E-state index in [-0.39, 0.29) is 18.0 Å². The molecule has 2 atom stereocenters. The summed E-state index contributed by atoms with van der Waals surface area (Å²) < 4.78 is 6.16. The van der Waals surface area contributed by atoms with Crippen LogP contribution in [-0.2, 0) is 4.79 Å². The number of halogens is 1. The lowest BCUT2D eigenvalue weighted by atomic mass is 10.1. The molecule has 2 N–H and O–H groups in total. The second-order valence-corrected chi connectivity index (χ2v) is 6.05. The molecule has 0 aliphatic heterocycles. The fourth-order valence-corrected chi connectivity index (χ4v) is 2.48. The minimum absolute atomic E-state index is 0.0972. The molecular weight excluding hydrogens is 332 g/mol. The van der Waals surface area contributed by atoms with E-state index < -0.39 is 0 Å². The first kappa shape index (κ1) is 18.0.